The second-order valence-corrected chi connectivity index (χ2v) is 9.17. The number of hydrogen-bond acceptors (Lipinski definition) is 2. The number of allylic oxidation sites excluding steroid dienone is 3. The summed E-state index contributed by atoms with van der Waals surface area (Å²) < 4.78 is 6.41. The van der Waals surface area contributed by atoms with Crippen LogP contribution in [0.25, 0.3) is 0 Å². The van der Waals surface area contributed by atoms with E-state index in [1.807, 2.05) is 13.0 Å². The third kappa shape index (κ3) is 3.92. The van der Waals surface area contributed by atoms with Crippen molar-refractivity contribution in [1.82, 2.24) is 0 Å². The van der Waals surface area contributed by atoms with Gasteiger partial charge in [-0.25, -0.2) is 4.79 Å². The molecule has 1 heterocycles. The summed E-state index contributed by atoms with van der Waals surface area (Å²) in [7, 11) is 0. The quantitative estimate of drug-likeness (QED) is 0.436. The molecule has 3 rings (SSSR count). The Hall–Kier alpha value is -1.35. The van der Waals surface area contributed by atoms with Crippen molar-refractivity contribution < 1.29 is 14.6 Å². The van der Waals surface area contributed by atoms with E-state index in [2.05, 4.69) is 39.8 Å². The zero-order valence-corrected chi connectivity index (χ0v) is 16.2. The maximum absolute atomic E-state index is 10.7. The lowest BCUT2D eigenvalue weighted by Crippen LogP contribution is -2.44. The maximum atomic E-state index is 10.7. The molecule has 25 heavy (non-hydrogen) atoms. The Bertz CT molecular complexity index is 640. The SMILES string of the molecule is CC1=CC(C)(C)OC2CC(C3(C)CC3/C=C/C(C)=C/C(=O)O)CCC12. The Morgan fingerprint density at radius 1 is 1.32 bits per heavy atom. The highest BCUT2D eigenvalue weighted by Crippen LogP contribution is 2.62. The predicted molar refractivity (Wildman–Crippen MR) is 100 cm³/mol. The third-order valence-corrected chi connectivity index (χ3v) is 6.63. The van der Waals surface area contributed by atoms with Gasteiger partial charge in [0, 0.05) is 12.0 Å². The number of hydrogen-bond donors (Lipinski definition) is 1. The summed E-state index contributed by atoms with van der Waals surface area (Å²) in [5.74, 6) is 0.995. The van der Waals surface area contributed by atoms with E-state index >= 15 is 0 Å². The summed E-state index contributed by atoms with van der Waals surface area (Å²) in [4.78, 5) is 10.7. The molecule has 2 saturated carbocycles. The number of carbonyl (C=O) groups is 1. The molecule has 0 aromatic rings. The summed E-state index contributed by atoms with van der Waals surface area (Å²) in [6.07, 6.45) is 13.0. The zero-order chi connectivity index (χ0) is 18.4. The van der Waals surface area contributed by atoms with E-state index in [4.69, 9.17) is 9.84 Å². The molecule has 0 aromatic carbocycles. The molecular weight excluding hydrogens is 312 g/mol. The van der Waals surface area contributed by atoms with Crippen LogP contribution in [-0.4, -0.2) is 22.8 Å². The number of aliphatic carboxylic acids is 1. The molecule has 3 nitrogen and oxygen atoms in total. The van der Waals surface area contributed by atoms with Crippen LogP contribution < -0.4 is 0 Å². The number of rotatable bonds is 4. The molecule has 3 aliphatic rings. The lowest BCUT2D eigenvalue weighted by molar-refractivity contribution is -0.131. The first-order valence-corrected chi connectivity index (χ1v) is 9.57. The van der Waals surface area contributed by atoms with Crippen molar-refractivity contribution in [1.29, 1.82) is 0 Å². The Morgan fingerprint density at radius 2 is 2.04 bits per heavy atom. The molecule has 138 valence electrons. The molecule has 1 aliphatic heterocycles. The highest BCUT2D eigenvalue weighted by molar-refractivity contribution is 5.81. The molecule has 0 saturated heterocycles. The number of carboxylic acid groups (broad SMARTS) is 1. The van der Waals surface area contributed by atoms with Crippen molar-refractivity contribution in [3.05, 3.63) is 35.5 Å². The van der Waals surface area contributed by atoms with Gasteiger partial charge in [-0.15, -0.1) is 0 Å². The van der Waals surface area contributed by atoms with Crippen LogP contribution >= 0.6 is 0 Å². The van der Waals surface area contributed by atoms with E-state index in [9.17, 15) is 4.79 Å². The Labute approximate surface area is 151 Å². The molecular formula is C22H32O3. The van der Waals surface area contributed by atoms with Crippen LogP contribution in [0.4, 0.5) is 0 Å². The van der Waals surface area contributed by atoms with Crippen molar-refractivity contribution in [3.8, 4) is 0 Å². The van der Waals surface area contributed by atoms with Crippen LogP contribution in [0.15, 0.2) is 35.5 Å². The lowest BCUT2D eigenvalue weighted by Gasteiger charge is -2.46. The summed E-state index contributed by atoms with van der Waals surface area (Å²) in [6.45, 7) is 10.9. The first kappa shape index (κ1) is 18.4. The summed E-state index contributed by atoms with van der Waals surface area (Å²) in [5, 5.41) is 8.82. The monoisotopic (exact) mass is 344 g/mol. The van der Waals surface area contributed by atoms with Crippen molar-refractivity contribution in [2.45, 2.75) is 72.0 Å². The number of fused-ring (bicyclic) bond motifs is 1. The predicted octanol–water partition coefficient (Wildman–Crippen LogP) is 5.14. The summed E-state index contributed by atoms with van der Waals surface area (Å²) in [5.41, 5.74) is 2.53. The lowest BCUT2D eigenvalue weighted by atomic mass is 9.69. The molecule has 0 aromatic heterocycles. The molecule has 2 aliphatic carbocycles. The largest absolute Gasteiger partial charge is 0.478 e. The van der Waals surface area contributed by atoms with Gasteiger partial charge in [0.05, 0.1) is 11.7 Å². The summed E-state index contributed by atoms with van der Waals surface area (Å²) >= 11 is 0. The van der Waals surface area contributed by atoms with Crippen LogP contribution in [0.1, 0.15) is 60.3 Å². The van der Waals surface area contributed by atoms with E-state index in [1.54, 1.807) is 0 Å². The van der Waals surface area contributed by atoms with Crippen LogP contribution in [0, 0.1) is 23.2 Å². The maximum Gasteiger partial charge on any atom is 0.328 e. The van der Waals surface area contributed by atoms with Gasteiger partial charge in [-0.3, -0.25) is 0 Å². The molecule has 5 atom stereocenters. The fourth-order valence-corrected chi connectivity index (χ4v) is 5.14. The van der Waals surface area contributed by atoms with Gasteiger partial charge in [-0.2, -0.15) is 0 Å². The highest BCUT2D eigenvalue weighted by Gasteiger charge is 2.55. The molecule has 0 radical (unpaired) electrons. The van der Waals surface area contributed by atoms with Gasteiger partial charge >= 0.3 is 5.97 Å². The normalized spacial score (nSPS) is 40.5. The smallest absolute Gasteiger partial charge is 0.328 e. The van der Waals surface area contributed by atoms with Crippen LogP contribution in [-0.2, 0) is 9.53 Å². The van der Waals surface area contributed by atoms with Gasteiger partial charge in [-0.1, -0.05) is 30.7 Å². The first-order valence-electron chi connectivity index (χ1n) is 9.57. The van der Waals surface area contributed by atoms with E-state index < -0.39 is 5.97 Å². The minimum Gasteiger partial charge on any atom is -0.478 e. The Balaban J connectivity index is 1.64. The molecule has 0 spiro atoms. The van der Waals surface area contributed by atoms with Crippen molar-refractivity contribution in [2.75, 3.05) is 0 Å². The van der Waals surface area contributed by atoms with Crippen LogP contribution in [0.5, 0.6) is 0 Å². The fourth-order valence-electron chi connectivity index (χ4n) is 5.14. The van der Waals surface area contributed by atoms with Crippen molar-refractivity contribution in [3.63, 3.8) is 0 Å². The van der Waals surface area contributed by atoms with E-state index in [0.29, 0.717) is 29.3 Å². The second-order valence-electron chi connectivity index (χ2n) is 9.17. The average molecular weight is 344 g/mol. The molecule has 3 heteroatoms. The van der Waals surface area contributed by atoms with Gasteiger partial charge in [0.15, 0.2) is 0 Å². The van der Waals surface area contributed by atoms with E-state index in [0.717, 1.165) is 12.0 Å². The fraction of sp³-hybridized carbons (Fsp3) is 0.682. The van der Waals surface area contributed by atoms with Gasteiger partial charge in [0.2, 0.25) is 0 Å². The van der Waals surface area contributed by atoms with Gasteiger partial charge in [0.1, 0.15) is 0 Å². The molecule has 0 amide bonds. The van der Waals surface area contributed by atoms with Crippen molar-refractivity contribution in [2.24, 2.45) is 23.2 Å². The topological polar surface area (TPSA) is 46.5 Å². The third-order valence-electron chi connectivity index (χ3n) is 6.63. The van der Waals surface area contributed by atoms with Gasteiger partial charge in [-0.05, 0) is 76.2 Å². The highest BCUT2D eigenvalue weighted by atomic mass is 16.5. The minimum atomic E-state index is -0.875. The Kier molecular flexibility index (Phi) is 4.74. The van der Waals surface area contributed by atoms with E-state index in [1.165, 1.54) is 30.9 Å². The molecule has 5 unspecified atom stereocenters. The van der Waals surface area contributed by atoms with Gasteiger partial charge in [0.25, 0.3) is 0 Å². The van der Waals surface area contributed by atoms with Crippen LogP contribution in [0.2, 0.25) is 0 Å². The summed E-state index contributed by atoms with van der Waals surface area (Å²) in [6, 6.07) is 0. The van der Waals surface area contributed by atoms with Gasteiger partial charge < -0.3 is 9.84 Å². The zero-order valence-electron chi connectivity index (χ0n) is 16.2. The van der Waals surface area contributed by atoms with Crippen LogP contribution in [0.3, 0.4) is 0 Å². The molecule has 2 fully saturated rings. The Morgan fingerprint density at radius 3 is 2.72 bits per heavy atom. The second kappa shape index (κ2) is 6.42. The van der Waals surface area contributed by atoms with Crippen molar-refractivity contribution >= 4 is 5.97 Å². The first-order chi connectivity index (χ1) is 11.6. The minimum absolute atomic E-state index is 0.143. The molecule has 1 N–H and O–H groups in total. The standard InChI is InChI=1S/C22H32O3/c1-14(10-20(23)24)6-7-17-13-22(17,5)16-8-9-18-15(2)12-21(3,4)25-19(18)11-16/h6-7,10,12,16-19H,8-9,11,13H2,1-5H3,(H,23,24)/b7-6+,14-10+. The number of carboxylic acids is 1. The molecule has 0 bridgehead atoms. The average Bonchev–Trinajstić information content (AvgIpc) is 3.15. The number of ether oxygens (including phenoxy) is 1. The van der Waals surface area contributed by atoms with E-state index in [-0.39, 0.29) is 5.60 Å².